The summed E-state index contributed by atoms with van der Waals surface area (Å²) in [5, 5.41) is 13.4. The van der Waals surface area contributed by atoms with E-state index in [2.05, 4.69) is 20.7 Å². The number of likely N-dealkylation sites (tertiary alicyclic amines) is 1. The van der Waals surface area contributed by atoms with Crippen LogP contribution in [0.4, 0.5) is 23.8 Å². The summed E-state index contributed by atoms with van der Waals surface area (Å²) in [5.41, 5.74) is 0.610. The zero-order chi connectivity index (χ0) is 18.0. The maximum absolute atomic E-state index is 12.5. The van der Waals surface area contributed by atoms with Crippen LogP contribution in [0.15, 0.2) is 15.0 Å². The predicted molar refractivity (Wildman–Crippen MR) is 77.6 cm³/mol. The van der Waals surface area contributed by atoms with E-state index >= 15 is 0 Å². The Balaban J connectivity index is 1.73. The van der Waals surface area contributed by atoms with Crippen LogP contribution in [0.25, 0.3) is 0 Å². The minimum Gasteiger partial charge on any atom is -0.423 e. The number of nitrogens with zero attached hydrogens (tertiary/aromatic N) is 4. The van der Waals surface area contributed by atoms with Crippen LogP contribution < -0.4 is 5.32 Å². The van der Waals surface area contributed by atoms with Gasteiger partial charge >= 0.3 is 12.2 Å². The average Bonchev–Trinajstić information content (AvgIpc) is 3.15. The zero-order valence-electron chi connectivity index (χ0n) is 13.3. The number of aryl methyl sites for hydroxylation is 1. The van der Waals surface area contributed by atoms with Crippen LogP contribution >= 0.6 is 0 Å². The number of amides is 2. The Labute approximate surface area is 140 Å². The molecule has 2 amide bonds. The smallest absolute Gasteiger partial charge is 0.397 e. The molecule has 1 aliphatic rings. The molecule has 1 unspecified atom stereocenters. The van der Waals surface area contributed by atoms with Gasteiger partial charge in [0, 0.05) is 12.6 Å². The molecular weight excluding hydrogens is 343 g/mol. The molecule has 0 aliphatic carbocycles. The van der Waals surface area contributed by atoms with E-state index < -0.39 is 30.6 Å². The van der Waals surface area contributed by atoms with Gasteiger partial charge in [0.05, 0.1) is 5.69 Å². The molecule has 136 valence electrons. The number of hydrogen-bond acceptors (Lipinski definition) is 6. The summed E-state index contributed by atoms with van der Waals surface area (Å²) in [6.45, 7) is 2.13. The number of nitrogens with one attached hydrogen (secondary N) is 1. The Kier molecular flexibility index (Phi) is 4.64. The number of halogens is 3. The van der Waals surface area contributed by atoms with E-state index in [1.165, 1.54) is 4.90 Å². The molecule has 25 heavy (non-hydrogen) atoms. The number of alkyl halides is 3. The van der Waals surface area contributed by atoms with Crippen LogP contribution in [-0.2, 0) is 6.42 Å². The molecule has 0 spiro atoms. The van der Waals surface area contributed by atoms with Crippen LogP contribution in [0.5, 0.6) is 0 Å². The molecule has 2 aromatic rings. The maximum atomic E-state index is 12.5. The Hall–Kier alpha value is -2.59. The van der Waals surface area contributed by atoms with Crippen molar-refractivity contribution >= 4 is 11.9 Å². The van der Waals surface area contributed by atoms with Gasteiger partial charge in [-0.3, -0.25) is 5.32 Å². The third-order valence-electron chi connectivity index (χ3n) is 3.74. The highest BCUT2D eigenvalue weighted by Gasteiger charge is 2.35. The van der Waals surface area contributed by atoms with Crippen LogP contribution in [0.2, 0.25) is 0 Å². The molecule has 2 aromatic heterocycles. The largest absolute Gasteiger partial charge is 0.423 e. The highest BCUT2D eigenvalue weighted by Crippen LogP contribution is 2.31. The first-order valence-electron chi connectivity index (χ1n) is 7.72. The molecule has 1 N–H and O–H groups in total. The van der Waals surface area contributed by atoms with Crippen molar-refractivity contribution in [3.8, 4) is 0 Å². The summed E-state index contributed by atoms with van der Waals surface area (Å²) < 4.78 is 47.3. The number of piperidine rings is 1. The van der Waals surface area contributed by atoms with Crippen LogP contribution in [-0.4, -0.2) is 39.0 Å². The van der Waals surface area contributed by atoms with Crippen molar-refractivity contribution in [2.24, 2.45) is 0 Å². The highest BCUT2D eigenvalue weighted by atomic mass is 19.4. The Morgan fingerprint density at radius 3 is 2.88 bits per heavy atom. The zero-order valence-corrected chi connectivity index (χ0v) is 13.3. The summed E-state index contributed by atoms with van der Waals surface area (Å²) >= 11 is 0. The lowest BCUT2D eigenvalue weighted by atomic mass is 10.0. The van der Waals surface area contributed by atoms with Gasteiger partial charge in [-0.15, -0.1) is 10.2 Å². The fourth-order valence-corrected chi connectivity index (χ4v) is 2.68. The van der Waals surface area contributed by atoms with Crippen molar-refractivity contribution in [3.05, 3.63) is 23.5 Å². The molecule has 0 bridgehead atoms. The van der Waals surface area contributed by atoms with Crippen molar-refractivity contribution in [3.63, 3.8) is 0 Å². The van der Waals surface area contributed by atoms with Crippen LogP contribution in [0.1, 0.15) is 42.8 Å². The van der Waals surface area contributed by atoms with Crippen molar-refractivity contribution in [1.29, 1.82) is 0 Å². The summed E-state index contributed by atoms with van der Waals surface area (Å²) in [5.74, 6) is -0.322. The molecule has 11 heteroatoms. The second kappa shape index (κ2) is 6.73. The molecule has 3 heterocycles. The molecule has 1 saturated heterocycles. The van der Waals surface area contributed by atoms with Crippen molar-refractivity contribution in [2.75, 3.05) is 11.9 Å². The molecule has 0 radical (unpaired) electrons. The third-order valence-corrected chi connectivity index (χ3v) is 3.74. The quantitative estimate of drug-likeness (QED) is 0.904. The second-order valence-electron chi connectivity index (χ2n) is 5.79. The number of aromatic nitrogens is 3. The lowest BCUT2D eigenvalue weighted by molar-refractivity contribution is -0.131. The lowest BCUT2D eigenvalue weighted by Gasteiger charge is -2.33. The van der Waals surface area contributed by atoms with Gasteiger partial charge < -0.3 is 13.8 Å². The normalized spacial score (nSPS) is 18.4. The number of anilines is 1. The first-order chi connectivity index (χ1) is 11.8. The van der Waals surface area contributed by atoms with Gasteiger partial charge in [-0.05, 0) is 26.2 Å². The van der Waals surface area contributed by atoms with Gasteiger partial charge in [-0.25, -0.2) is 4.79 Å². The van der Waals surface area contributed by atoms with Gasteiger partial charge in [0.2, 0.25) is 17.7 Å². The molecule has 1 atom stereocenters. The molecule has 8 nitrogen and oxygen atoms in total. The van der Waals surface area contributed by atoms with Crippen LogP contribution in [0.3, 0.4) is 0 Å². The molecule has 1 fully saturated rings. The molecule has 3 rings (SSSR count). The molecule has 0 aromatic carbocycles. The number of rotatable bonds is 3. The minimum absolute atomic E-state index is 0.00264. The Bertz CT molecular complexity index is 742. The highest BCUT2D eigenvalue weighted by molar-refractivity contribution is 5.88. The number of hydrogen-bond donors (Lipinski definition) is 1. The number of carbonyl (C=O) groups excluding carboxylic acids is 1. The van der Waals surface area contributed by atoms with E-state index in [0.717, 1.165) is 12.8 Å². The first-order valence-corrected chi connectivity index (χ1v) is 7.72. The first kappa shape index (κ1) is 17.2. The fourth-order valence-electron chi connectivity index (χ4n) is 2.68. The van der Waals surface area contributed by atoms with Crippen LogP contribution in [0, 0.1) is 6.92 Å². The maximum Gasteiger partial charge on any atom is 0.397 e. The van der Waals surface area contributed by atoms with Gasteiger partial charge in [0.1, 0.15) is 12.5 Å². The summed E-state index contributed by atoms with van der Waals surface area (Å²) in [4.78, 5) is 13.9. The van der Waals surface area contributed by atoms with E-state index in [4.69, 9.17) is 8.94 Å². The van der Waals surface area contributed by atoms with Gasteiger partial charge in [0.25, 0.3) is 0 Å². The monoisotopic (exact) mass is 359 g/mol. The molecule has 0 saturated carbocycles. The van der Waals surface area contributed by atoms with Crippen molar-refractivity contribution in [2.45, 2.75) is 44.8 Å². The SMILES string of the molecule is Cc1cc(NC(=O)N2CCCCC2c2nnc(CC(F)(F)F)o2)on1. The topological polar surface area (TPSA) is 97.3 Å². The molecule has 1 aliphatic heterocycles. The number of urea groups is 1. The minimum atomic E-state index is -4.43. The van der Waals surface area contributed by atoms with Gasteiger partial charge in [-0.2, -0.15) is 13.2 Å². The summed E-state index contributed by atoms with van der Waals surface area (Å²) in [6, 6.07) is 0.522. The number of carbonyl (C=O) groups is 1. The second-order valence-corrected chi connectivity index (χ2v) is 5.79. The standard InChI is InChI=1S/C14H16F3N5O3/c1-8-6-10(25-21-8)18-13(23)22-5-3-2-4-9(22)12-20-19-11(24-12)7-14(15,16)17/h6,9H,2-5,7H2,1H3,(H,18,23). The van der Waals surface area contributed by atoms with E-state index in [1.54, 1.807) is 13.0 Å². The summed E-state index contributed by atoms with van der Waals surface area (Å²) in [7, 11) is 0. The Morgan fingerprint density at radius 1 is 1.40 bits per heavy atom. The van der Waals surface area contributed by atoms with Crippen molar-refractivity contribution < 1.29 is 26.9 Å². The summed E-state index contributed by atoms with van der Waals surface area (Å²) in [6.07, 6.45) is -3.64. The Morgan fingerprint density at radius 2 is 2.20 bits per heavy atom. The average molecular weight is 359 g/mol. The lowest BCUT2D eigenvalue weighted by Crippen LogP contribution is -2.41. The molecular formula is C14H16F3N5O3. The van der Waals surface area contributed by atoms with E-state index in [1.807, 2.05) is 0 Å². The fraction of sp³-hybridized carbons (Fsp3) is 0.571. The van der Waals surface area contributed by atoms with Gasteiger partial charge in [-0.1, -0.05) is 5.16 Å². The van der Waals surface area contributed by atoms with E-state index in [9.17, 15) is 18.0 Å². The van der Waals surface area contributed by atoms with Gasteiger partial charge in [0.15, 0.2) is 0 Å². The third kappa shape index (κ3) is 4.28. The van der Waals surface area contributed by atoms with E-state index in [0.29, 0.717) is 18.7 Å². The van der Waals surface area contributed by atoms with E-state index in [-0.39, 0.29) is 11.8 Å². The van der Waals surface area contributed by atoms with Crippen molar-refractivity contribution in [1.82, 2.24) is 20.3 Å². The predicted octanol–water partition coefficient (Wildman–Crippen LogP) is 3.23.